The number of benzene rings is 1. The number of carbonyl (C=O) groups excluding carboxylic acids is 1. The van der Waals surface area contributed by atoms with Crippen molar-refractivity contribution < 1.29 is 9.72 Å². The Bertz CT molecular complexity index is 522. The maximum Gasteiger partial charge on any atom is 0.289 e. The van der Waals surface area contributed by atoms with Gasteiger partial charge in [0.1, 0.15) is 11.6 Å². The van der Waals surface area contributed by atoms with Gasteiger partial charge in [0.25, 0.3) is 5.69 Å². The Kier molecular flexibility index (Phi) is 4.21. The van der Waals surface area contributed by atoms with Crippen LogP contribution in [0.5, 0.6) is 0 Å². The monoisotopic (exact) mass is 248 g/mol. The van der Waals surface area contributed by atoms with Gasteiger partial charge in [0.2, 0.25) is 5.91 Å². The second kappa shape index (κ2) is 5.63. The van der Waals surface area contributed by atoms with E-state index in [2.05, 4.69) is 5.32 Å². The normalized spacial score (nSPS) is 11.3. The molecule has 1 atom stereocenters. The van der Waals surface area contributed by atoms with E-state index in [0.29, 0.717) is 5.69 Å². The fourth-order valence-corrected chi connectivity index (χ4v) is 1.50. The molecule has 1 aromatic carbocycles. The molecular weight excluding hydrogens is 236 g/mol. The second-order valence-electron chi connectivity index (χ2n) is 3.82. The molecule has 94 valence electrons. The topological polar surface area (TPSA) is 122 Å². The first-order valence-electron chi connectivity index (χ1n) is 5.17. The highest BCUT2D eigenvalue weighted by Crippen LogP contribution is 2.23. The number of anilines is 1. The van der Waals surface area contributed by atoms with Crippen molar-refractivity contribution in [3.05, 3.63) is 33.9 Å². The van der Waals surface area contributed by atoms with Crippen LogP contribution >= 0.6 is 0 Å². The highest BCUT2D eigenvalue weighted by Gasteiger charge is 2.15. The molecule has 0 aliphatic heterocycles. The number of nitrogens with two attached hydrogens (primary N) is 1. The quantitative estimate of drug-likeness (QED) is 0.597. The number of primary amides is 1. The fourth-order valence-electron chi connectivity index (χ4n) is 1.50. The molecule has 7 nitrogen and oxygen atoms in total. The van der Waals surface area contributed by atoms with Crippen molar-refractivity contribution in [1.82, 2.24) is 0 Å². The van der Waals surface area contributed by atoms with Gasteiger partial charge in [0.15, 0.2) is 0 Å². The predicted molar refractivity (Wildman–Crippen MR) is 64.7 cm³/mol. The molecule has 1 aromatic rings. The van der Waals surface area contributed by atoms with Crippen LogP contribution in [0, 0.1) is 21.4 Å². The lowest BCUT2D eigenvalue weighted by Crippen LogP contribution is -2.24. The smallest absolute Gasteiger partial charge is 0.289 e. The molecule has 0 aromatic heterocycles. The molecule has 3 N–H and O–H groups in total. The SMILES string of the molecule is CC(CC(N)=O)Nc1ccc(C#N)c([N+](=O)[O-])c1. The second-order valence-corrected chi connectivity index (χ2v) is 3.82. The van der Waals surface area contributed by atoms with Crippen molar-refractivity contribution in [1.29, 1.82) is 5.26 Å². The maximum absolute atomic E-state index is 10.7. The molecule has 0 radical (unpaired) electrons. The third-order valence-corrected chi connectivity index (χ3v) is 2.24. The van der Waals surface area contributed by atoms with Crippen molar-refractivity contribution in [3.8, 4) is 6.07 Å². The number of rotatable bonds is 5. The summed E-state index contributed by atoms with van der Waals surface area (Å²) in [6.07, 6.45) is 0.119. The number of carbonyl (C=O) groups is 1. The zero-order chi connectivity index (χ0) is 13.7. The van der Waals surface area contributed by atoms with E-state index in [4.69, 9.17) is 11.0 Å². The maximum atomic E-state index is 10.7. The van der Waals surface area contributed by atoms with Gasteiger partial charge >= 0.3 is 0 Å². The molecule has 0 fully saturated rings. The highest BCUT2D eigenvalue weighted by atomic mass is 16.6. The van der Waals surface area contributed by atoms with Crippen LogP contribution in [-0.2, 0) is 4.79 Å². The minimum Gasteiger partial charge on any atom is -0.382 e. The summed E-state index contributed by atoms with van der Waals surface area (Å²) >= 11 is 0. The van der Waals surface area contributed by atoms with E-state index in [1.165, 1.54) is 12.1 Å². The summed E-state index contributed by atoms with van der Waals surface area (Å²) in [5, 5.41) is 22.4. The lowest BCUT2D eigenvalue weighted by Gasteiger charge is -2.13. The number of amides is 1. The van der Waals surface area contributed by atoms with Gasteiger partial charge < -0.3 is 11.1 Å². The minimum atomic E-state index is -0.623. The molecule has 0 aliphatic rings. The van der Waals surface area contributed by atoms with Crippen LogP contribution in [0.1, 0.15) is 18.9 Å². The Hall–Kier alpha value is -2.62. The molecule has 1 amide bonds. The fraction of sp³-hybridized carbons (Fsp3) is 0.273. The zero-order valence-electron chi connectivity index (χ0n) is 9.71. The number of nitro groups is 1. The molecule has 0 spiro atoms. The van der Waals surface area contributed by atoms with Crippen molar-refractivity contribution in [3.63, 3.8) is 0 Å². The van der Waals surface area contributed by atoms with Crippen LogP contribution in [0.15, 0.2) is 18.2 Å². The third-order valence-electron chi connectivity index (χ3n) is 2.24. The summed E-state index contributed by atoms with van der Waals surface area (Å²) in [6.45, 7) is 1.73. The Morgan fingerprint density at radius 1 is 1.67 bits per heavy atom. The molecular formula is C11H12N4O3. The summed E-state index contributed by atoms with van der Waals surface area (Å²) in [5.41, 5.74) is 5.23. The van der Waals surface area contributed by atoms with Gasteiger partial charge in [-0.3, -0.25) is 14.9 Å². The van der Waals surface area contributed by atoms with Crippen LogP contribution in [-0.4, -0.2) is 16.9 Å². The van der Waals surface area contributed by atoms with E-state index in [0.717, 1.165) is 0 Å². The molecule has 1 rings (SSSR count). The lowest BCUT2D eigenvalue weighted by atomic mass is 10.1. The average molecular weight is 248 g/mol. The number of hydrogen-bond donors (Lipinski definition) is 2. The van der Waals surface area contributed by atoms with E-state index in [1.54, 1.807) is 19.1 Å². The first-order chi connectivity index (χ1) is 8.43. The van der Waals surface area contributed by atoms with E-state index < -0.39 is 10.8 Å². The predicted octanol–water partition coefficient (Wildman–Crippen LogP) is 1.14. The highest BCUT2D eigenvalue weighted by molar-refractivity contribution is 5.75. The first kappa shape index (κ1) is 13.4. The standard InChI is InChI=1S/C11H12N4O3/c1-7(4-11(13)16)14-9-3-2-8(6-12)10(5-9)15(17)18/h2-3,5,7,14H,4H2,1H3,(H2,13,16). The summed E-state index contributed by atoms with van der Waals surface area (Å²) in [6, 6.07) is 5.67. The van der Waals surface area contributed by atoms with Crippen LogP contribution in [0.25, 0.3) is 0 Å². The largest absolute Gasteiger partial charge is 0.382 e. The van der Waals surface area contributed by atoms with Gasteiger partial charge in [-0.25, -0.2) is 0 Å². The Morgan fingerprint density at radius 3 is 2.83 bits per heavy atom. The van der Waals surface area contributed by atoms with Gasteiger partial charge in [-0.2, -0.15) is 5.26 Å². The third kappa shape index (κ3) is 3.45. The molecule has 18 heavy (non-hydrogen) atoms. The van der Waals surface area contributed by atoms with E-state index >= 15 is 0 Å². The summed E-state index contributed by atoms with van der Waals surface area (Å²) in [5.74, 6) is -0.460. The molecule has 7 heteroatoms. The van der Waals surface area contributed by atoms with E-state index in [1.807, 2.05) is 0 Å². The molecule has 0 heterocycles. The Balaban J connectivity index is 2.92. The Morgan fingerprint density at radius 2 is 2.33 bits per heavy atom. The van der Waals surface area contributed by atoms with Crippen molar-refractivity contribution >= 4 is 17.3 Å². The van der Waals surface area contributed by atoms with Crippen molar-refractivity contribution in [2.45, 2.75) is 19.4 Å². The first-order valence-corrected chi connectivity index (χ1v) is 5.17. The van der Waals surface area contributed by atoms with Gasteiger partial charge in [0.05, 0.1) is 4.92 Å². The number of nitro benzene ring substituents is 1. The minimum absolute atomic E-state index is 0.00638. The van der Waals surface area contributed by atoms with Crippen LogP contribution in [0.2, 0.25) is 0 Å². The summed E-state index contributed by atoms with van der Waals surface area (Å²) in [7, 11) is 0. The Labute approximate surface area is 103 Å². The number of hydrogen-bond acceptors (Lipinski definition) is 5. The number of nitrogens with one attached hydrogen (secondary N) is 1. The van der Waals surface area contributed by atoms with Gasteiger partial charge in [-0.15, -0.1) is 0 Å². The summed E-state index contributed by atoms with van der Waals surface area (Å²) in [4.78, 5) is 20.8. The number of nitrogens with zero attached hydrogens (tertiary/aromatic N) is 2. The zero-order valence-corrected chi connectivity index (χ0v) is 9.71. The van der Waals surface area contributed by atoms with Gasteiger partial charge in [-0.05, 0) is 19.1 Å². The van der Waals surface area contributed by atoms with Crippen molar-refractivity contribution in [2.24, 2.45) is 5.73 Å². The van der Waals surface area contributed by atoms with Crippen LogP contribution < -0.4 is 11.1 Å². The summed E-state index contributed by atoms with van der Waals surface area (Å²) < 4.78 is 0. The molecule has 0 bridgehead atoms. The molecule has 0 aliphatic carbocycles. The van der Waals surface area contributed by atoms with Gasteiger partial charge in [-0.1, -0.05) is 0 Å². The molecule has 0 saturated carbocycles. The average Bonchev–Trinajstić information content (AvgIpc) is 2.27. The van der Waals surface area contributed by atoms with Gasteiger partial charge in [0, 0.05) is 24.2 Å². The van der Waals surface area contributed by atoms with Crippen LogP contribution in [0.3, 0.4) is 0 Å². The number of nitriles is 1. The van der Waals surface area contributed by atoms with E-state index in [9.17, 15) is 14.9 Å². The van der Waals surface area contributed by atoms with E-state index in [-0.39, 0.29) is 23.7 Å². The van der Waals surface area contributed by atoms with Crippen LogP contribution in [0.4, 0.5) is 11.4 Å². The van der Waals surface area contributed by atoms with Crippen molar-refractivity contribution in [2.75, 3.05) is 5.32 Å². The lowest BCUT2D eigenvalue weighted by molar-refractivity contribution is -0.385. The molecule has 1 unspecified atom stereocenters. The molecule has 0 saturated heterocycles.